The van der Waals surface area contributed by atoms with Crippen molar-refractivity contribution in [1.82, 2.24) is 10.2 Å². The Labute approximate surface area is 193 Å². The van der Waals surface area contributed by atoms with Crippen molar-refractivity contribution >= 4 is 11.6 Å². The van der Waals surface area contributed by atoms with Crippen LogP contribution in [0.1, 0.15) is 41.5 Å². The topological polar surface area (TPSA) is 35.6 Å². The van der Waals surface area contributed by atoms with Gasteiger partial charge in [-0.15, -0.1) is 0 Å². The third-order valence-electron chi connectivity index (χ3n) is 6.66. The number of halogens is 3. The highest BCUT2D eigenvalue weighted by molar-refractivity contribution is 5.78. The predicted octanol–water partition coefficient (Wildman–Crippen LogP) is 4.46. The maximum absolute atomic E-state index is 13.0. The number of nitrogens with one attached hydrogen (secondary N) is 1. The van der Waals surface area contributed by atoms with Gasteiger partial charge in [-0.25, -0.2) is 0 Å². The lowest BCUT2D eigenvalue weighted by Gasteiger charge is -2.36. The molecule has 7 heteroatoms. The summed E-state index contributed by atoms with van der Waals surface area (Å²) >= 11 is 0. The Morgan fingerprint density at radius 2 is 1.73 bits per heavy atom. The Morgan fingerprint density at radius 3 is 2.52 bits per heavy atom. The molecule has 1 aliphatic heterocycles. The van der Waals surface area contributed by atoms with Gasteiger partial charge in [0.25, 0.3) is 0 Å². The van der Waals surface area contributed by atoms with Gasteiger partial charge >= 0.3 is 6.18 Å². The van der Waals surface area contributed by atoms with Gasteiger partial charge in [0.2, 0.25) is 5.91 Å². The molecule has 0 spiro atoms. The van der Waals surface area contributed by atoms with Crippen LogP contribution in [0.15, 0.2) is 42.5 Å². The fourth-order valence-corrected chi connectivity index (χ4v) is 4.78. The number of amides is 1. The molecule has 1 saturated heterocycles. The van der Waals surface area contributed by atoms with Gasteiger partial charge in [-0.05, 0) is 73.5 Å². The van der Waals surface area contributed by atoms with Crippen LogP contribution in [0.2, 0.25) is 0 Å². The van der Waals surface area contributed by atoms with Gasteiger partial charge < -0.3 is 10.2 Å². The van der Waals surface area contributed by atoms with Crippen molar-refractivity contribution < 1.29 is 18.0 Å². The van der Waals surface area contributed by atoms with E-state index in [0.29, 0.717) is 18.7 Å². The van der Waals surface area contributed by atoms with E-state index in [0.717, 1.165) is 70.0 Å². The minimum Gasteiger partial charge on any atom is -0.369 e. The summed E-state index contributed by atoms with van der Waals surface area (Å²) in [5.41, 5.74) is 3.95. The molecule has 0 unspecified atom stereocenters. The van der Waals surface area contributed by atoms with Gasteiger partial charge in [0.1, 0.15) is 0 Å². The van der Waals surface area contributed by atoms with Crippen molar-refractivity contribution in [2.24, 2.45) is 0 Å². The second kappa shape index (κ2) is 10.6. The van der Waals surface area contributed by atoms with Crippen LogP contribution < -0.4 is 10.2 Å². The smallest absolute Gasteiger partial charge is 0.369 e. The number of alkyl halides is 3. The fraction of sp³-hybridized carbons (Fsp3) is 0.500. The van der Waals surface area contributed by atoms with E-state index in [1.807, 2.05) is 4.90 Å². The number of carbonyl (C=O) groups excluding carboxylic acids is 1. The first-order valence-corrected chi connectivity index (χ1v) is 11.9. The van der Waals surface area contributed by atoms with E-state index in [1.54, 1.807) is 6.07 Å². The highest BCUT2D eigenvalue weighted by atomic mass is 19.4. The number of carbonyl (C=O) groups is 1. The van der Waals surface area contributed by atoms with Gasteiger partial charge in [0.15, 0.2) is 0 Å². The molecule has 0 radical (unpaired) electrons. The van der Waals surface area contributed by atoms with Gasteiger partial charge in [-0.3, -0.25) is 9.69 Å². The Hall–Kier alpha value is -2.54. The lowest BCUT2D eigenvalue weighted by atomic mass is 10.0. The van der Waals surface area contributed by atoms with Crippen molar-refractivity contribution in [2.75, 3.05) is 44.2 Å². The molecular formula is C26H32F3N3O. The quantitative estimate of drug-likeness (QED) is 0.593. The summed E-state index contributed by atoms with van der Waals surface area (Å²) in [7, 11) is 0. The monoisotopic (exact) mass is 459 g/mol. The number of rotatable bonds is 8. The molecule has 4 nitrogen and oxygen atoms in total. The van der Waals surface area contributed by atoms with Crippen LogP contribution in [0.5, 0.6) is 0 Å². The lowest BCUT2D eigenvalue weighted by molar-refractivity contribution is -0.137. The molecule has 2 aliphatic rings. The van der Waals surface area contributed by atoms with Crippen LogP contribution in [0, 0.1) is 0 Å². The zero-order valence-corrected chi connectivity index (χ0v) is 19.0. The van der Waals surface area contributed by atoms with Crippen molar-refractivity contribution in [3.8, 4) is 0 Å². The van der Waals surface area contributed by atoms with Crippen LogP contribution in [0.4, 0.5) is 18.9 Å². The Balaban J connectivity index is 1.11. The number of hydrogen-bond acceptors (Lipinski definition) is 3. The molecule has 1 fully saturated rings. The molecule has 1 N–H and O–H groups in total. The van der Waals surface area contributed by atoms with Crippen LogP contribution in [-0.2, 0) is 30.2 Å². The first-order chi connectivity index (χ1) is 15.9. The number of benzene rings is 2. The molecule has 1 amide bonds. The number of unbranched alkanes of at least 4 members (excludes halogenated alkanes) is 1. The van der Waals surface area contributed by atoms with E-state index in [9.17, 15) is 18.0 Å². The van der Waals surface area contributed by atoms with Crippen LogP contribution >= 0.6 is 0 Å². The van der Waals surface area contributed by atoms with Crippen molar-refractivity contribution in [1.29, 1.82) is 0 Å². The zero-order valence-electron chi connectivity index (χ0n) is 19.0. The number of nitrogens with zero attached hydrogens (tertiary/aromatic N) is 2. The van der Waals surface area contributed by atoms with E-state index in [4.69, 9.17) is 0 Å². The fourth-order valence-electron chi connectivity index (χ4n) is 4.78. The van der Waals surface area contributed by atoms with E-state index < -0.39 is 11.7 Å². The minimum atomic E-state index is -4.31. The molecule has 2 aromatic rings. The van der Waals surface area contributed by atoms with Crippen molar-refractivity contribution in [3.63, 3.8) is 0 Å². The molecule has 0 atom stereocenters. The van der Waals surface area contributed by atoms with Crippen molar-refractivity contribution in [2.45, 2.75) is 44.7 Å². The number of aryl methyl sites for hydroxylation is 2. The summed E-state index contributed by atoms with van der Waals surface area (Å²) in [6.07, 6.45) is 1.53. The third-order valence-corrected chi connectivity index (χ3v) is 6.66. The van der Waals surface area contributed by atoms with Gasteiger partial charge in [-0.1, -0.05) is 24.3 Å². The second-order valence-electron chi connectivity index (χ2n) is 9.07. The summed E-state index contributed by atoms with van der Waals surface area (Å²) < 4.78 is 38.9. The number of anilines is 1. The van der Waals surface area contributed by atoms with Crippen LogP contribution in [0.25, 0.3) is 0 Å². The summed E-state index contributed by atoms with van der Waals surface area (Å²) in [6, 6.07) is 12.0. The van der Waals surface area contributed by atoms with Crippen LogP contribution in [-0.4, -0.2) is 50.1 Å². The number of fused-ring (bicyclic) bond motifs is 1. The number of hydrogen-bond donors (Lipinski definition) is 1. The second-order valence-corrected chi connectivity index (χ2v) is 9.07. The summed E-state index contributed by atoms with van der Waals surface area (Å²) in [5.74, 6) is 0.0719. The largest absolute Gasteiger partial charge is 0.416 e. The molecule has 0 saturated carbocycles. The Morgan fingerprint density at radius 1 is 0.939 bits per heavy atom. The average molecular weight is 460 g/mol. The molecular weight excluding hydrogens is 427 g/mol. The summed E-state index contributed by atoms with van der Waals surface area (Å²) in [6.45, 7) is 4.73. The van der Waals surface area contributed by atoms with Gasteiger partial charge in [-0.2, -0.15) is 13.2 Å². The molecule has 33 heavy (non-hydrogen) atoms. The predicted molar refractivity (Wildman–Crippen MR) is 125 cm³/mol. The molecule has 2 aromatic carbocycles. The van der Waals surface area contributed by atoms with Gasteiger partial charge in [0, 0.05) is 38.4 Å². The van der Waals surface area contributed by atoms with Crippen molar-refractivity contribution in [3.05, 3.63) is 64.7 Å². The standard InChI is InChI=1S/C26H32F3N3O/c27-26(28,29)23-7-4-8-24(19-23)32-15-13-31(14-16-32)12-2-1-11-30-25(33)18-20-9-10-21-5-3-6-22(21)17-20/h4,7-10,17,19H,1-3,5-6,11-16,18H2,(H,30,33). The van der Waals surface area contributed by atoms with E-state index in [-0.39, 0.29) is 5.91 Å². The SMILES string of the molecule is O=C(Cc1ccc2c(c1)CCC2)NCCCCN1CCN(c2cccc(C(F)(F)F)c2)CC1. The maximum atomic E-state index is 13.0. The highest BCUT2D eigenvalue weighted by Crippen LogP contribution is 2.32. The normalized spacial score (nSPS) is 16.6. The van der Waals surface area contributed by atoms with Gasteiger partial charge in [0.05, 0.1) is 12.0 Å². The molecule has 178 valence electrons. The molecule has 4 rings (SSSR count). The Bertz CT molecular complexity index is 952. The Kier molecular flexibility index (Phi) is 7.58. The molecule has 0 aromatic heterocycles. The maximum Gasteiger partial charge on any atom is 0.416 e. The third kappa shape index (κ3) is 6.50. The molecule has 0 bridgehead atoms. The van der Waals surface area contributed by atoms with E-state index in [2.05, 4.69) is 28.4 Å². The van der Waals surface area contributed by atoms with E-state index >= 15 is 0 Å². The highest BCUT2D eigenvalue weighted by Gasteiger charge is 2.31. The first-order valence-electron chi connectivity index (χ1n) is 11.9. The summed E-state index contributed by atoms with van der Waals surface area (Å²) in [4.78, 5) is 16.6. The lowest BCUT2D eigenvalue weighted by Crippen LogP contribution is -2.46. The molecule has 1 heterocycles. The zero-order chi connectivity index (χ0) is 23.3. The minimum absolute atomic E-state index is 0.0719. The van der Waals surface area contributed by atoms with E-state index in [1.165, 1.54) is 29.7 Å². The summed E-state index contributed by atoms with van der Waals surface area (Å²) in [5, 5.41) is 3.02. The number of piperazine rings is 1. The average Bonchev–Trinajstić information content (AvgIpc) is 3.27. The van der Waals surface area contributed by atoms with Crippen LogP contribution in [0.3, 0.4) is 0 Å². The molecule has 1 aliphatic carbocycles. The first kappa shape index (κ1) is 23.6.